The molecule has 8 heteroatoms. The molecule has 4 aromatic rings. The van der Waals surface area contributed by atoms with E-state index in [2.05, 4.69) is 30.2 Å². The lowest BCUT2D eigenvalue weighted by molar-refractivity contribution is 1.15. The number of nitrogens with one attached hydrogen (secondary N) is 2. The molecule has 0 fully saturated rings. The predicted molar refractivity (Wildman–Crippen MR) is 87.2 cm³/mol. The molecule has 4 aromatic heterocycles. The average Bonchev–Trinajstić information content (AvgIpc) is 3.24. The van der Waals surface area contributed by atoms with Gasteiger partial charge in [0, 0.05) is 6.07 Å². The molecule has 0 aliphatic rings. The lowest BCUT2D eigenvalue weighted by atomic mass is 10.4. The maximum atomic E-state index is 8.72. The number of pyridine rings is 1. The van der Waals surface area contributed by atoms with Crippen molar-refractivity contribution < 1.29 is 0 Å². The van der Waals surface area contributed by atoms with Crippen LogP contribution < -0.4 is 5.32 Å². The fourth-order valence-corrected chi connectivity index (χ4v) is 2.76. The summed E-state index contributed by atoms with van der Waals surface area (Å²) in [6, 6.07) is 7.77. The molecule has 7 nitrogen and oxygen atoms in total. The van der Waals surface area contributed by atoms with Crippen molar-refractivity contribution in [3.63, 3.8) is 0 Å². The number of hydrogen-bond donors (Lipinski definition) is 2. The molecule has 0 atom stereocenters. The quantitative estimate of drug-likeness (QED) is 0.601. The minimum atomic E-state index is 0.270. The summed E-state index contributed by atoms with van der Waals surface area (Å²) in [6.07, 6.45) is 4.62. The lowest BCUT2D eigenvalue weighted by Gasteiger charge is -2.03. The Morgan fingerprint density at radius 1 is 1.13 bits per heavy atom. The molecule has 0 bridgehead atoms. The molecular weight excluding hydrogens is 310 g/mol. The van der Waals surface area contributed by atoms with Crippen LogP contribution in [0.15, 0.2) is 42.2 Å². The Balaban J connectivity index is 1.64. The number of imidazole rings is 1. The second-order valence-electron chi connectivity index (χ2n) is 4.67. The first kappa shape index (κ1) is 13.4. The number of nitriles is 1. The second-order valence-corrected chi connectivity index (χ2v) is 5.62. The van der Waals surface area contributed by atoms with Gasteiger partial charge >= 0.3 is 0 Å². The van der Waals surface area contributed by atoms with Crippen LogP contribution in [-0.2, 0) is 0 Å². The van der Waals surface area contributed by atoms with Crippen LogP contribution >= 0.6 is 11.3 Å². The fourth-order valence-electron chi connectivity index (χ4n) is 2.09. The molecular formula is C15H9N7S. The van der Waals surface area contributed by atoms with E-state index in [4.69, 9.17) is 5.26 Å². The molecule has 0 aliphatic carbocycles. The zero-order valence-corrected chi connectivity index (χ0v) is 12.5. The Kier molecular flexibility index (Phi) is 3.18. The van der Waals surface area contributed by atoms with Crippen LogP contribution in [0.4, 0.5) is 11.6 Å². The highest BCUT2D eigenvalue weighted by Crippen LogP contribution is 2.25. The van der Waals surface area contributed by atoms with Gasteiger partial charge < -0.3 is 10.3 Å². The first-order chi connectivity index (χ1) is 11.3. The molecule has 0 spiro atoms. The third kappa shape index (κ3) is 2.61. The Morgan fingerprint density at radius 2 is 2.04 bits per heavy atom. The van der Waals surface area contributed by atoms with E-state index in [0.29, 0.717) is 11.6 Å². The average molecular weight is 319 g/mol. The summed E-state index contributed by atoms with van der Waals surface area (Å²) in [5.74, 6) is 1.96. The first-order valence-corrected chi connectivity index (χ1v) is 7.58. The third-order valence-corrected chi connectivity index (χ3v) is 4.02. The van der Waals surface area contributed by atoms with Gasteiger partial charge in [-0.2, -0.15) is 5.26 Å². The summed E-state index contributed by atoms with van der Waals surface area (Å²) in [5, 5.41) is 13.8. The van der Waals surface area contributed by atoms with Crippen LogP contribution in [0.3, 0.4) is 0 Å². The number of fused-ring (bicyclic) bond motifs is 1. The van der Waals surface area contributed by atoms with Crippen LogP contribution in [0.1, 0.15) is 5.69 Å². The van der Waals surface area contributed by atoms with E-state index in [1.165, 1.54) is 12.4 Å². The van der Waals surface area contributed by atoms with Crippen molar-refractivity contribution in [2.45, 2.75) is 0 Å². The number of thiophene rings is 1. The van der Waals surface area contributed by atoms with E-state index >= 15 is 0 Å². The Morgan fingerprint density at radius 3 is 2.78 bits per heavy atom. The van der Waals surface area contributed by atoms with Crippen LogP contribution in [0.25, 0.3) is 21.7 Å². The van der Waals surface area contributed by atoms with Crippen molar-refractivity contribution in [3.8, 4) is 16.8 Å². The van der Waals surface area contributed by atoms with E-state index in [9.17, 15) is 0 Å². The molecule has 0 saturated heterocycles. The minimum Gasteiger partial charge on any atom is -0.336 e. The van der Waals surface area contributed by atoms with Gasteiger partial charge in [0.25, 0.3) is 0 Å². The molecule has 0 aromatic carbocycles. The maximum Gasteiger partial charge on any atom is 0.158 e. The maximum absolute atomic E-state index is 8.72. The first-order valence-electron chi connectivity index (χ1n) is 6.70. The summed E-state index contributed by atoms with van der Waals surface area (Å²) in [4.78, 5) is 21.3. The minimum absolute atomic E-state index is 0.270. The van der Waals surface area contributed by atoms with E-state index in [0.717, 1.165) is 21.7 Å². The Hall–Kier alpha value is -3.31. The molecule has 0 saturated carbocycles. The van der Waals surface area contributed by atoms with Gasteiger partial charge in [-0.25, -0.2) is 19.9 Å². The highest BCUT2D eigenvalue weighted by atomic mass is 32.1. The van der Waals surface area contributed by atoms with Crippen LogP contribution in [0.5, 0.6) is 0 Å². The third-order valence-electron chi connectivity index (χ3n) is 3.14. The number of anilines is 2. The van der Waals surface area contributed by atoms with E-state index in [1.54, 1.807) is 17.5 Å². The van der Waals surface area contributed by atoms with E-state index in [-0.39, 0.29) is 5.69 Å². The molecule has 23 heavy (non-hydrogen) atoms. The number of aromatic amines is 1. The van der Waals surface area contributed by atoms with Crippen LogP contribution in [0, 0.1) is 11.3 Å². The van der Waals surface area contributed by atoms with Crippen LogP contribution in [0.2, 0.25) is 0 Å². The number of aromatic nitrogens is 5. The summed E-state index contributed by atoms with van der Waals surface area (Å²) in [5.41, 5.74) is 1.95. The SMILES string of the molecule is N#Cc1cnc(Nc2cc3nc(-c4cccs4)[nH]c3cn2)cn1. The highest BCUT2D eigenvalue weighted by molar-refractivity contribution is 7.13. The summed E-state index contributed by atoms with van der Waals surface area (Å²) in [7, 11) is 0. The number of rotatable bonds is 3. The Bertz CT molecular complexity index is 997. The van der Waals surface area contributed by atoms with Crippen molar-refractivity contribution in [3.05, 3.63) is 47.9 Å². The molecule has 2 N–H and O–H groups in total. The van der Waals surface area contributed by atoms with E-state index < -0.39 is 0 Å². The molecule has 0 radical (unpaired) electrons. The molecule has 0 amide bonds. The smallest absolute Gasteiger partial charge is 0.158 e. The molecule has 4 heterocycles. The standard InChI is InChI=1S/C15H9N7S/c16-5-9-6-18-14(8-17-9)22-13-4-10-11(7-19-13)21-15(20-10)12-2-1-3-23-12/h1-4,6-8H,(H,20,21)(H,18,19,22). The fraction of sp³-hybridized carbons (Fsp3) is 0. The lowest BCUT2D eigenvalue weighted by Crippen LogP contribution is -1.97. The van der Waals surface area contributed by atoms with Crippen molar-refractivity contribution in [1.82, 2.24) is 24.9 Å². The van der Waals surface area contributed by atoms with Gasteiger partial charge in [0.05, 0.1) is 34.5 Å². The van der Waals surface area contributed by atoms with Crippen LogP contribution in [-0.4, -0.2) is 24.9 Å². The topological polar surface area (TPSA) is 103 Å². The van der Waals surface area contributed by atoms with Gasteiger partial charge in [0.15, 0.2) is 5.69 Å². The normalized spacial score (nSPS) is 10.6. The van der Waals surface area contributed by atoms with Crippen molar-refractivity contribution in [2.75, 3.05) is 5.32 Å². The van der Waals surface area contributed by atoms with Crippen molar-refractivity contribution >= 4 is 34.0 Å². The van der Waals surface area contributed by atoms with Gasteiger partial charge in [0.2, 0.25) is 0 Å². The monoisotopic (exact) mass is 319 g/mol. The molecule has 4 rings (SSSR count). The van der Waals surface area contributed by atoms with Gasteiger partial charge in [-0.3, -0.25) is 0 Å². The van der Waals surface area contributed by atoms with E-state index in [1.807, 2.05) is 29.6 Å². The summed E-state index contributed by atoms with van der Waals surface area (Å²) in [6.45, 7) is 0. The van der Waals surface area contributed by atoms with Crippen molar-refractivity contribution in [1.29, 1.82) is 5.26 Å². The van der Waals surface area contributed by atoms with Gasteiger partial charge in [-0.15, -0.1) is 11.3 Å². The number of H-pyrrole nitrogens is 1. The molecule has 0 aliphatic heterocycles. The van der Waals surface area contributed by atoms with Gasteiger partial charge in [-0.05, 0) is 11.4 Å². The van der Waals surface area contributed by atoms with Gasteiger partial charge in [0.1, 0.15) is 23.5 Å². The predicted octanol–water partition coefficient (Wildman–Crippen LogP) is 3.09. The molecule has 110 valence electrons. The van der Waals surface area contributed by atoms with Crippen molar-refractivity contribution in [2.24, 2.45) is 0 Å². The largest absolute Gasteiger partial charge is 0.336 e. The summed E-state index contributed by atoms with van der Waals surface area (Å²) < 4.78 is 0. The number of nitrogens with zero attached hydrogens (tertiary/aromatic N) is 5. The second kappa shape index (κ2) is 5.47. The zero-order chi connectivity index (χ0) is 15.6. The number of hydrogen-bond acceptors (Lipinski definition) is 7. The zero-order valence-electron chi connectivity index (χ0n) is 11.7. The van der Waals surface area contributed by atoms with Gasteiger partial charge in [-0.1, -0.05) is 6.07 Å². The Labute approximate surface area is 134 Å². The summed E-state index contributed by atoms with van der Waals surface area (Å²) >= 11 is 1.63. The highest BCUT2D eigenvalue weighted by Gasteiger charge is 2.08. The molecule has 0 unspecified atom stereocenters.